The van der Waals surface area contributed by atoms with Gasteiger partial charge >= 0.3 is 0 Å². The second kappa shape index (κ2) is 3.38. The van der Waals surface area contributed by atoms with Crippen molar-refractivity contribution < 1.29 is 4.39 Å². The van der Waals surface area contributed by atoms with Crippen LogP contribution in [0.15, 0.2) is 12.1 Å². The highest BCUT2D eigenvalue weighted by atomic mass is 127. The van der Waals surface area contributed by atoms with Gasteiger partial charge < -0.3 is 5.73 Å². The fraction of sp³-hybridized carbons (Fsp3) is 0.250. The number of nitrogen functional groups attached to an aromatic ring is 1. The van der Waals surface area contributed by atoms with Gasteiger partial charge in [0.2, 0.25) is 0 Å². The third-order valence-electron chi connectivity index (χ3n) is 1.55. The van der Waals surface area contributed by atoms with Gasteiger partial charge in [0.25, 0.3) is 0 Å². The zero-order chi connectivity index (χ0) is 8.43. The van der Waals surface area contributed by atoms with Crippen LogP contribution in [0.3, 0.4) is 0 Å². The maximum absolute atomic E-state index is 12.9. The van der Waals surface area contributed by atoms with E-state index in [1.807, 2.05) is 6.92 Å². The SMILES string of the molecule is CCc1cc(I)c(N)cc1F. The van der Waals surface area contributed by atoms with Crippen LogP contribution in [0, 0.1) is 9.39 Å². The van der Waals surface area contributed by atoms with E-state index in [4.69, 9.17) is 5.73 Å². The molecule has 1 rings (SSSR count). The van der Waals surface area contributed by atoms with E-state index in [2.05, 4.69) is 22.6 Å². The summed E-state index contributed by atoms with van der Waals surface area (Å²) in [5.41, 5.74) is 6.74. The van der Waals surface area contributed by atoms with E-state index in [-0.39, 0.29) is 5.82 Å². The molecule has 2 N–H and O–H groups in total. The van der Waals surface area contributed by atoms with Crippen LogP contribution in [-0.2, 0) is 6.42 Å². The topological polar surface area (TPSA) is 26.0 Å². The van der Waals surface area contributed by atoms with Crippen molar-refractivity contribution in [3.8, 4) is 0 Å². The van der Waals surface area contributed by atoms with Crippen molar-refractivity contribution in [3.63, 3.8) is 0 Å². The molecule has 0 fully saturated rings. The third kappa shape index (κ3) is 1.83. The average molecular weight is 265 g/mol. The van der Waals surface area contributed by atoms with E-state index in [9.17, 15) is 4.39 Å². The number of rotatable bonds is 1. The summed E-state index contributed by atoms with van der Waals surface area (Å²) in [6.07, 6.45) is 0.710. The molecule has 60 valence electrons. The highest BCUT2D eigenvalue weighted by Crippen LogP contribution is 2.19. The molecule has 1 aromatic rings. The molecule has 0 bridgehead atoms. The molecule has 0 spiro atoms. The van der Waals surface area contributed by atoms with Crippen molar-refractivity contribution in [3.05, 3.63) is 27.1 Å². The Morgan fingerprint density at radius 1 is 1.55 bits per heavy atom. The molecule has 0 aliphatic heterocycles. The minimum absolute atomic E-state index is 0.203. The zero-order valence-corrected chi connectivity index (χ0v) is 8.35. The van der Waals surface area contributed by atoms with Crippen molar-refractivity contribution >= 4 is 28.3 Å². The average Bonchev–Trinajstić information content (AvgIpc) is 1.97. The van der Waals surface area contributed by atoms with E-state index in [1.165, 1.54) is 6.07 Å². The van der Waals surface area contributed by atoms with Gasteiger partial charge in [-0.1, -0.05) is 6.92 Å². The first-order valence-electron chi connectivity index (χ1n) is 3.38. The molecule has 0 aromatic heterocycles. The van der Waals surface area contributed by atoms with Gasteiger partial charge in [-0.25, -0.2) is 4.39 Å². The van der Waals surface area contributed by atoms with Gasteiger partial charge in [-0.05, 0) is 46.7 Å². The molecule has 1 aromatic carbocycles. The number of hydrogen-bond donors (Lipinski definition) is 1. The first-order valence-corrected chi connectivity index (χ1v) is 4.46. The summed E-state index contributed by atoms with van der Waals surface area (Å²) < 4.78 is 13.9. The second-order valence-corrected chi connectivity index (χ2v) is 3.48. The lowest BCUT2D eigenvalue weighted by molar-refractivity contribution is 0.612. The summed E-state index contributed by atoms with van der Waals surface area (Å²) in [7, 11) is 0. The predicted octanol–water partition coefficient (Wildman–Crippen LogP) is 2.57. The van der Waals surface area contributed by atoms with Crippen LogP contribution in [0.2, 0.25) is 0 Å². The molecule has 0 saturated heterocycles. The summed E-state index contributed by atoms with van der Waals surface area (Å²) in [5.74, 6) is -0.203. The molecule has 11 heavy (non-hydrogen) atoms. The number of aryl methyl sites for hydroxylation is 1. The number of anilines is 1. The summed E-state index contributed by atoms with van der Waals surface area (Å²) in [6, 6.07) is 3.16. The van der Waals surface area contributed by atoms with Crippen LogP contribution in [0.25, 0.3) is 0 Å². The Morgan fingerprint density at radius 2 is 2.18 bits per heavy atom. The van der Waals surface area contributed by atoms with Crippen LogP contribution >= 0.6 is 22.6 Å². The number of halogens is 2. The van der Waals surface area contributed by atoms with Crippen LogP contribution in [0.1, 0.15) is 12.5 Å². The quantitative estimate of drug-likeness (QED) is 0.613. The fourth-order valence-corrected chi connectivity index (χ4v) is 1.41. The van der Waals surface area contributed by atoms with Gasteiger partial charge in [-0.2, -0.15) is 0 Å². The van der Waals surface area contributed by atoms with Crippen molar-refractivity contribution in [1.29, 1.82) is 0 Å². The van der Waals surface area contributed by atoms with Gasteiger partial charge in [0.1, 0.15) is 5.82 Å². The Bertz CT molecular complexity index is 273. The van der Waals surface area contributed by atoms with Gasteiger partial charge in [-0.3, -0.25) is 0 Å². The van der Waals surface area contributed by atoms with Gasteiger partial charge in [0, 0.05) is 9.26 Å². The summed E-state index contributed by atoms with van der Waals surface area (Å²) in [4.78, 5) is 0. The smallest absolute Gasteiger partial charge is 0.128 e. The van der Waals surface area contributed by atoms with E-state index in [1.54, 1.807) is 6.07 Å². The Hall–Kier alpha value is -0.320. The maximum atomic E-state index is 12.9. The maximum Gasteiger partial charge on any atom is 0.128 e. The standard InChI is InChI=1S/C8H9FIN/c1-2-5-3-7(10)8(11)4-6(5)9/h3-4H,2,11H2,1H3. The first kappa shape index (κ1) is 8.77. The third-order valence-corrected chi connectivity index (χ3v) is 2.48. The molecule has 0 radical (unpaired) electrons. The Morgan fingerprint density at radius 3 is 2.73 bits per heavy atom. The normalized spacial score (nSPS) is 10.1. The van der Waals surface area contributed by atoms with Crippen LogP contribution in [-0.4, -0.2) is 0 Å². The minimum atomic E-state index is -0.203. The molecule has 1 nitrogen and oxygen atoms in total. The number of nitrogens with two attached hydrogens (primary N) is 1. The molecule has 0 heterocycles. The first-order chi connectivity index (χ1) is 5.15. The molecule has 0 unspecified atom stereocenters. The van der Waals surface area contributed by atoms with E-state index in [0.717, 1.165) is 9.13 Å². The van der Waals surface area contributed by atoms with Crippen LogP contribution in [0.5, 0.6) is 0 Å². The van der Waals surface area contributed by atoms with E-state index in [0.29, 0.717) is 12.1 Å². The Labute approximate surface area is 78.9 Å². The Kier molecular flexibility index (Phi) is 2.70. The highest BCUT2D eigenvalue weighted by Gasteiger charge is 2.03. The molecule has 0 amide bonds. The highest BCUT2D eigenvalue weighted by molar-refractivity contribution is 14.1. The molecular formula is C8H9FIN. The van der Waals surface area contributed by atoms with Gasteiger partial charge in [0.15, 0.2) is 0 Å². The van der Waals surface area contributed by atoms with E-state index >= 15 is 0 Å². The molecule has 0 atom stereocenters. The monoisotopic (exact) mass is 265 g/mol. The van der Waals surface area contributed by atoms with Crippen molar-refractivity contribution in [2.45, 2.75) is 13.3 Å². The molecule has 0 aliphatic carbocycles. The fourth-order valence-electron chi connectivity index (χ4n) is 0.874. The van der Waals surface area contributed by atoms with E-state index < -0.39 is 0 Å². The predicted molar refractivity (Wildman–Crippen MR) is 52.9 cm³/mol. The molecule has 3 heteroatoms. The van der Waals surface area contributed by atoms with Gasteiger partial charge in [0.05, 0.1) is 0 Å². The lowest BCUT2D eigenvalue weighted by Crippen LogP contribution is -1.95. The van der Waals surface area contributed by atoms with Crippen molar-refractivity contribution in [1.82, 2.24) is 0 Å². The Balaban J connectivity index is 3.21. The van der Waals surface area contributed by atoms with Crippen LogP contribution < -0.4 is 5.73 Å². The summed E-state index contributed by atoms with van der Waals surface area (Å²) in [5, 5.41) is 0. The lowest BCUT2D eigenvalue weighted by atomic mass is 10.1. The van der Waals surface area contributed by atoms with Crippen LogP contribution in [0.4, 0.5) is 10.1 Å². The largest absolute Gasteiger partial charge is 0.398 e. The van der Waals surface area contributed by atoms with Gasteiger partial charge in [-0.15, -0.1) is 0 Å². The molecular weight excluding hydrogens is 256 g/mol. The molecule has 0 aliphatic rings. The minimum Gasteiger partial charge on any atom is -0.398 e. The zero-order valence-electron chi connectivity index (χ0n) is 6.20. The van der Waals surface area contributed by atoms with Crippen molar-refractivity contribution in [2.24, 2.45) is 0 Å². The number of benzene rings is 1. The molecule has 0 saturated carbocycles. The lowest BCUT2D eigenvalue weighted by Gasteiger charge is -2.02. The summed E-state index contributed by atoms with van der Waals surface area (Å²) >= 11 is 2.10. The number of hydrogen-bond acceptors (Lipinski definition) is 1. The van der Waals surface area contributed by atoms with Crippen molar-refractivity contribution in [2.75, 3.05) is 5.73 Å². The summed E-state index contributed by atoms with van der Waals surface area (Å²) in [6.45, 7) is 1.92. The second-order valence-electron chi connectivity index (χ2n) is 2.32.